The number of hydrogen-bond acceptors (Lipinski definition) is 5. The standard InChI is InChI=1S/C17H21Cl2N3O3.ClH/c1-2-3-5-11(9-20)21-17(23)15-8-12(25-22-15)10-24-16-13(18)6-4-7-14(16)19;/h4,6-8,11H,2-3,5,9-10,20H2,1H3,(H,21,23);1H. The number of nitrogens with zero attached hydrogens (tertiary/aromatic N) is 1. The number of para-hydroxylation sites is 1. The van der Waals surface area contributed by atoms with Gasteiger partial charge < -0.3 is 20.3 Å². The van der Waals surface area contributed by atoms with Crippen molar-refractivity contribution in [2.45, 2.75) is 38.8 Å². The number of amides is 1. The lowest BCUT2D eigenvalue weighted by Gasteiger charge is -2.15. The minimum atomic E-state index is -0.322. The first-order valence-electron chi connectivity index (χ1n) is 8.08. The Bertz CT molecular complexity index is 689. The summed E-state index contributed by atoms with van der Waals surface area (Å²) in [5, 5.41) is 7.41. The Kier molecular flexibility index (Phi) is 9.80. The summed E-state index contributed by atoms with van der Waals surface area (Å²) in [4.78, 5) is 12.2. The Hall–Kier alpha value is -1.47. The number of unbranched alkanes of at least 4 members (excludes halogenated alkanes) is 1. The summed E-state index contributed by atoms with van der Waals surface area (Å²) in [6, 6.07) is 6.51. The summed E-state index contributed by atoms with van der Waals surface area (Å²) < 4.78 is 10.7. The van der Waals surface area contributed by atoms with E-state index in [1.54, 1.807) is 18.2 Å². The van der Waals surface area contributed by atoms with Crippen LogP contribution in [0.1, 0.15) is 42.4 Å². The van der Waals surface area contributed by atoms with Gasteiger partial charge in [-0.05, 0) is 18.6 Å². The van der Waals surface area contributed by atoms with Crippen LogP contribution in [-0.2, 0) is 6.61 Å². The van der Waals surface area contributed by atoms with E-state index < -0.39 is 0 Å². The van der Waals surface area contributed by atoms with Gasteiger partial charge in [-0.2, -0.15) is 0 Å². The molecule has 9 heteroatoms. The SMILES string of the molecule is CCCCC(CN)NC(=O)c1cc(COc2c(Cl)cccc2Cl)on1.Cl. The minimum absolute atomic E-state index is 0. The molecule has 0 saturated heterocycles. The van der Waals surface area contributed by atoms with E-state index >= 15 is 0 Å². The highest BCUT2D eigenvalue weighted by atomic mass is 35.5. The van der Waals surface area contributed by atoms with Crippen LogP contribution in [-0.4, -0.2) is 23.7 Å². The highest BCUT2D eigenvalue weighted by Crippen LogP contribution is 2.32. The highest BCUT2D eigenvalue weighted by molar-refractivity contribution is 6.37. The number of benzene rings is 1. The second-order valence-electron chi connectivity index (χ2n) is 5.57. The number of ether oxygens (including phenoxy) is 1. The lowest BCUT2D eigenvalue weighted by atomic mass is 10.1. The molecule has 1 atom stereocenters. The molecule has 0 aliphatic rings. The lowest BCUT2D eigenvalue weighted by Crippen LogP contribution is -2.40. The van der Waals surface area contributed by atoms with Gasteiger partial charge >= 0.3 is 0 Å². The normalized spacial score (nSPS) is 11.5. The monoisotopic (exact) mass is 421 g/mol. The number of aromatic nitrogens is 1. The van der Waals surface area contributed by atoms with E-state index in [1.807, 2.05) is 0 Å². The summed E-state index contributed by atoms with van der Waals surface area (Å²) >= 11 is 12.1. The maximum atomic E-state index is 12.2. The van der Waals surface area contributed by atoms with Gasteiger partial charge in [0.15, 0.2) is 17.2 Å². The van der Waals surface area contributed by atoms with Gasteiger partial charge in [0.05, 0.1) is 10.0 Å². The third-order valence-electron chi connectivity index (χ3n) is 3.60. The van der Waals surface area contributed by atoms with Gasteiger partial charge in [0, 0.05) is 18.7 Å². The summed E-state index contributed by atoms with van der Waals surface area (Å²) in [5.41, 5.74) is 5.86. The quantitative estimate of drug-likeness (QED) is 0.631. The number of halogens is 3. The first kappa shape index (κ1) is 22.6. The van der Waals surface area contributed by atoms with Crippen molar-refractivity contribution in [3.05, 3.63) is 45.8 Å². The van der Waals surface area contributed by atoms with Crippen molar-refractivity contribution in [1.29, 1.82) is 0 Å². The smallest absolute Gasteiger partial charge is 0.273 e. The van der Waals surface area contributed by atoms with Gasteiger partial charge in [-0.1, -0.05) is 54.2 Å². The Morgan fingerprint density at radius 1 is 1.38 bits per heavy atom. The number of rotatable bonds is 9. The van der Waals surface area contributed by atoms with E-state index in [1.165, 1.54) is 6.07 Å². The van der Waals surface area contributed by atoms with E-state index in [0.717, 1.165) is 19.3 Å². The van der Waals surface area contributed by atoms with E-state index in [0.29, 0.717) is 28.1 Å². The summed E-state index contributed by atoms with van der Waals surface area (Å²) in [6.45, 7) is 2.52. The van der Waals surface area contributed by atoms with Crippen molar-refractivity contribution in [1.82, 2.24) is 10.5 Å². The average Bonchev–Trinajstić information content (AvgIpc) is 3.07. The zero-order chi connectivity index (χ0) is 18.2. The van der Waals surface area contributed by atoms with Gasteiger partial charge in [-0.3, -0.25) is 4.79 Å². The number of carbonyl (C=O) groups is 1. The van der Waals surface area contributed by atoms with Crippen LogP contribution in [0.3, 0.4) is 0 Å². The predicted octanol–water partition coefficient (Wildman–Crippen LogP) is 4.23. The lowest BCUT2D eigenvalue weighted by molar-refractivity contribution is 0.0926. The number of carbonyl (C=O) groups excluding carboxylic acids is 1. The molecule has 1 amide bonds. The fraction of sp³-hybridized carbons (Fsp3) is 0.412. The third kappa shape index (κ3) is 6.36. The third-order valence-corrected chi connectivity index (χ3v) is 4.19. The van der Waals surface area contributed by atoms with Crippen LogP contribution in [0.5, 0.6) is 5.75 Å². The van der Waals surface area contributed by atoms with E-state index in [9.17, 15) is 4.79 Å². The molecule has 2 aromatic rings. The molecule has 0 radical (unpaired) electrons. The summed E-state index contributed by atoms with van der Waals surface area (Å²) in [6.07, 6.45) is 2.87. The predicted molar refractivity (Wildman–Crippen MR) is 104 cm³/mol. The summed E-state index contributed by atoms with van der Waals surface area (Å²) in [7, 11) is 0. The Morgan fingerprint density at radius 2 is 2.08 bits per heavy atom. The molecule has 1 aromatic heterocycles. The number of nitrogens with one attached hydrogen (secondary N) is 1. The second-order valence-corrected chi connectivity index (χ2v) is 6.38. The average molecular weight is 423 g/mol. The van der Waals surface area contributed by atoms with E-state index in [-0.39, 0.29) is 36.7 Å². The van der Waals surface area contributed by atoms with Crippen molar-refractivity contribution in [3.63, 3.8) is 0 Å². The maximum absolute atomic E-state index is 12.2. The molecule has 0 aliphatic heterocycles. The van der Waals surface area contributed by atoms with Crippen LogP contribution in [0.15, 0.2) is 28.8 Å². The molecule has 0 saturated carbocycles. The Balaban J connectivity index is 0.00000338. The largest absolute Gasteiger partial charge is 0.482 e. The highest BCUT2D eigenvalue weighted by Gasteiger charge is 2.17. The van der Waals surface area contributed by atoms with E-state index in [4.69, 9.17) is 38.2 Å². The van der Waals surface area contributed by atoms with Crippen molar-refractivity contribution < 1.29 is 14.1 Å². The molecule has 1 heterocycles. The molecule has 1 aromatic carbocycles. The topological polar surface area (TPSA) is 90.4 Å². The van der Waals surface area contributed by atoms with Gasteiger partial charge in [-0.15, -0.1) is 12.4 Å². The van der Waals surface area contributed by atoms with Crippen molar-refractivity contribution >= 4 is 41.5 Å². The molecule has 26 heavy (non-hydrogen) atoms. The molecule has 6 nitrogen and oxygen atoms in total. The van der Waals surface area contributed by atoms with Crippen LogP contribution >= 0.6 is 35.6 Å². The van der Waals surface area contributed by atoms with Gasteiger partial charge in [0.2, 0.25) is 0 Å². The zero-order valence-electron chi connectivity index (χ0n) is 14.3. The molecule has 1 unspecified atom stereocenters. The maximum Gasteiger partial charge on any atom is 0.273 e. The Morgan fingerprint density at radius 3 is 2.69 bits per heavy atom. The van der Waals surface area contributed by atoms with E-state index in [2.05, 4.69) is 17.4 Å². The van der Waals surface area contributed by atoms with Crippen LogP contribution < -0.4 is 15.8 Å². The van der Waals surface area contributed by atoms with Crippen molar-refractivity contribution in [2.24, 2.45) is 5.73 Å². The second kappa shape index (κ2) is 11.3. The first-order chi connectivity index (χ1) is 12.0. The molecule has 0 aliphatic carbocycles. The molecular formula is C17H22Cl3N3O3. The molecule has 0 bridgehead atoms. The molecule has 144 valence electrons. The van der Waals surface area contributed by atoms with Crippen molar-refractivity contribution in [3.8, 4) is 5.75 Å². The van der Waals surface area contributed by atoms with Crippen LogP contribution in [0, 0.1) is 0 Å². The summed E-state index contributed by atoms with van der Waals surface area (Å²) in [5.74, 6) is 0.423. The molecule has 0 spiro atoms. The molecule has 0 fully saturated rings. The molecule has 3 N–H and O–H groups in total. The zero-order valence-corrected chi connectivity index (χ0v) is 16.7. The number of nitrogens with two attached hydrogens (primary N) is 1. The van der Waals surface area contributed by atoms with Gasteiger partial charge in [0.25, 0.3) is 5.91 Å². The fourth-order valence-corrected chi connectivity index (χ4v) is 2.72. The number of hydrogen-bond donors (Lipinski definition) is 2. The van der Waals surface area contributed by atoms with Crippen LogP contribution in [0.4, 0.5) is 0 Å². The van der Waals surface area contributed by atoms with Gasteiger partial charge in [0.1, 0.15) is 6.61 Å². The van der Waals surface area contributed by atoms with Crippen molar-refractivity contribution in [2.75, 3.05) is 6.54 Å². The molecular weight excluding hydrogens is 401 g/mol. The minimum Gasteiger partial charge on any atom is -0.482 e. The van der Waals surface area contributed by atoms with Gasteiger partial charge in [-0.25, -0.2) is 0 Å². The Labute approximate surface area is 168 Å². The van der Waals surface area contributed by atoms with Crippen LogP contribution in [0.2, 0.25) is 10.0 Å². The van der Waals surface area contributed by atoms with Crippen LogP contribution in [0.25, 0.3) is 0 Å². The molecule has 2 rings (SSSR count). The fourth-order valence-electron chi connectivity index (χ4n) is 2.21. The first-order valence-corrected chi connectivity index (χ1v) is 8.84.